The Labute approximate surface area is 93.9 Å². The molecule has 0 spiro atoms. The van der Waals surface area contributed by atoms with Crippen molar-refractivity contribution in [3.8, 4) is 12.0 Å². The van der Waals surface area contributed by atoms with Crippen LogP contribution in [0.15, 0.2) is 0 Å². The second-order valence-corrected chi connectivity index (χ2v) is 3.21. The topological polar surface area (TPSA) is 89.4 Å². The van der Waals surface area contributed by atoms with Crippen LogP contribution in [0.1, 0.15) is 13.8 Å². The van der Waals surface area contributed by atoms with Crippen molar-refractivity contribution in [2.45, 2.75) is 20.0 Å². The van der Waals surface area contributed by atoms with E-state index >= 15 is 0 Å². The average molecular weight is 228 g/mol. The fourth-order valence-corrected chi connectivity index (χ4v) is 0.915. The number of aliphatic hydroxyl groups excluding tert-OH is 1. The molecule has 90 valence electrons. The van der Waals surface area contributed by atoms with E-state index < -0.39 is 0 Å². The van der Waals surface area contributed by atoms with Gasteiger partial charge in [-0.25, -0.2) is 0 Å². The number of hydrogen-bond donors (Lipinski definition) is 2. The second-order valence-electron chi connectivity index (χ2n) is 3.21. The molecule has 0 aliphatic carbocycles. The number of anilines is 1. The molecule has 16 heavy (non-hydrogen) atoms. The highest BCUT2D eigenvalue weighted by atomic mass is 16.5. The lowest BCUT2D eigenvalue weighted by molar-refractivity contribution is 0.182. The summed E-state index contributed by atoms with van der Waals surface area (Å²) in [5, 5.41) is 11.4. The lowest BCUT2D eigenvalue weighted by atomic mass is 10.5. The lowest BCUT2D eigenvalue weighted by Gasteiger charge is -2.10. The molecular weight excluding hydrogens is 212 g/mol. The molecule has 2 N–H and O–H groups in total. The quantitative estimate of drug-likeness (QED) is 0.712. The van der Waals surface area contributed by atoms with Crippen molar-refractivity contribution >= 4 is 5.95 Å². The molecule has 0 atom stereocenters. The van der Waals surface area contributed by atoms with Gasteiger partial charge in [0.15, 0.2) is 0 Å². The normalized spacial score (nSPS) is 10.3. The van der Waals surface area contributed by atoms with Crippen molar-refractivity contribution in [3.05, 3.63) is 0 Å². The maximum atomic E-state index is 8.63. The number of rotatable bonds is 6. The average Bonchev–Trinajstić information content (AvgIpc) is 2.25. The van der Waals surface area contributed by atoms with Crippen LogP contribution < -0.4 is 14.8 Å². The van der Waals surface area contributed by atoms with Gasteiger partial charge in [-0.2, -0.15) is 9.97 Å². The maximum Gasteiger partial charge on any atom is 0.324 e. The molecule has 1 heterocycles. The summed E-state index contributed by atoms with van der Waals surface area (Å²) < 4.78 is 10.4. The zero-order chi connectivity index (χ0) is 12.0. The highest BCUT2D eigenvalue weighted by Gasteiger charge is 2.08. The van der Waals surface area contributed by atoms with Crippen LogP contribution in [0.4, 0.5) is 5.95 Å². The first kappa shape index (κ1) is 12.4. The molecule has 0 saturated carbocycles. The van der Waals surface area contributed by atoms with E-state index in [0.29, 0.717) is 5.95 Å². The van der Waals surface area contributed by atoms with Crippen LogP contribution in [0.2, 0.25) is 0 Å². The summed E-state index contributed by atoms with van der Waals surface area (Å²) in [5.74, 6) is 0.360. The number of hydrogen-bond acceptors (Lipinski definition) is 7. The molecule has 1 rings (SSSR count). The second kappa shape index (κ2) is 6.06. The molecule has 0 fully saturated rings. The summed E-state index contributed by atoms with van der Waals surface area (Å²) in [6, 6.07) is 0.325. The van der Waals surface area contributed by atoms with Gasteiger partial charge in [-0.3, -0.25) is 0 Å². The van der Waals surface area contributed by atoms with Crippen LogP contribution in [-0.2, 0) is 0 Å². The van der Waals surface area contributed by atoms with E-state index in [9.17, 15) is 0 Å². The van der Waals surface area contributed by atoms with Crippen molar-refractivity contribution in [3.63, 3.8) is 0 Å². The maximum absolute atomic E-state index is 8.63. The Hall–Kier alpha value is -1.63. The van der Waals surface area contributed by atoms with E-state index in [4.69, 9.17) is 14.6 Å². The molecule has 0 amide bonds. The predicted molar refractivity (Wildman–Crippen MR) is 57.7 cm³/mol. The predicted octanol–water partition coefficient (Wildman–Crippen LogP) is 0.0716. The molecule has 0 unspecified atom stereocenters. The number of aliphatic hydroxyl groups is 1. The Morgan fingerprint density at radius 3 is 2.50 bits per heavy atom. The lowest BCUT2D eigenvalue weighted by Crippen LogP contribution is -2.12. The molecule has 0 saturated heterocycles. The van der Waals surface area contributed by atoms with Crippen molar-refractivity contribution < 1.29 is 14.6 Å². The van der Waals surface area contributed by atoms with Crippen molar-refractivity contribution in [2.24, 2.45) is 0 Å². The van der Waals surface area contributed by atoms with Crippen molar-refractivity contribution in [1.82, 2.24) is 15.0 Å². The van der Waals surface area contributed by atoms with E-state index in [1.54, 1.807) is 7.05 Å². The first-order valence-corrected chi connectivity index (χ1v) is 5.00. The molecule has 0 aromatic carbocycles. The molecule has 0 bridgehead atoms. The molecule has 1 aromatic heterocycles. The van der Waals surface area contributed by atoms with Crippen molar-refractivity contribution in [2.75, 3.05) is 25.6 Å². The highest BCUT2D eigenvalue weighted by Crippen LogP contribution is 2.13. The van der Waals surface area contributed by atoms with Crippen molar-refractivity contribution in [1.29, 1.82) is 0 Å². The summed E-state index contributed by atoms with van der Waals surface area (Å²) in [6.07, 6.45) is -0.0298. The number of nitrogens with one attached hydrogen (secondary N) is 1. The van der Waals surface area contributed by atoms with Gasteiger partial charge < -0.3 is 19.9 Å². The monoisotopic (exact) mass is 228 g/mol. The highest BCUT2D eigenvalue weighted by molar-refractivity contribution is 5.26. The zero-order valence-electron chi connectivity index (χ0n) is 9.60. The van der Waals surface area contributed by atoms with Gasteiger partial charge in [-0.1, -0.05) is 0 Å². The largest absolute Gasteiger partial charge is 0.461 e. The summed E-state index contributed by atoms with van der Waals surface area (Å²) in [4.78, 5) is 11.9. The molecule has 0 radical (unpaired) electrons. The fourth-order valence-electron chi connectivity index (χ4n) is 0.915. The molecule has 1 aromatic rings. The Kier molecular flexibility index (Phi) is 4.71. The van der Waals surface area contributed by atoms with Crippen LogP contribution >= 0.6 is 0 Å². The third kappa shape index (κ3) is 3.85. The number of ether oxygens (including phenoxy) is 2. The zero-order valence-corrected chi connectivity index (χ0v) is 9.60. The van der Waals surface area contributed by atoms with Gasteiger partial charge >= 0.3 is 12.0 Å². The molecule has 0 aliphatic rings. The minimum absolute atomic E-state index is 0.0298. The van der Waals surface area contributed by atoms with Gasteiger partial charge in [0.05, 0.1) is 12.7 Å². The number of aromatic nitrogens is 3. The summed E-state index contributed by atoms with van der Waals surface area (Å²) >= 11 is 0. The third-order valence-corrected chi connectivity index (χ3v) is 1.48. The minimum Gasteiger partial charge on any atom is -0.461 e. The van der Waals surface area contributed by atoms with Crippen LogP contribution in [0.3, 0.4) is 0 Å². The molecule has 0 aliphatic heterocycles. The Bertz CT molecular complexity index is 333. The van der Waals surface area contributed by atoms with Crippen LogP contribution in [-0.4, -0.2) is 46.4 Å². The van der Waals surface area contributed by atoms with Crippen LogP contribution in [0.5, 0.6) is 12.0 Å². The van der Waals surface area contributed by atoms with Gasteiger partial charge in [0.25, 0.3) is 0 Å². The first-order chi connectivity index (χ1) is 7.65. The summed E-state index contributed by atoms with van der Waals surface area (Å²) in [6.45, 7) is 3.78. The van der Waals surface area contributed by atoms with E-state index in [1.807, 2.05) is 13.8 Å². The smallest absolute Gasteiger partial charge is 0.324 e. The first-order valence-electron chi connectivity index (χ1n) is 5.00. The van der Waals surface area contributed by atoms with Gasteiger partial charge in [-0.05, 0) is 13.8 Å². The van der Waals surface area contributed by atoms with E-state index in [2.05, 4.69) is 20.3 Å². The van der Waals surface area contributed by atoms with E-state index in [-0.39, 0.29) is 31.3 Å². The minimum atomic E-state index is -0.0963. The number of nitrogens with zero attached hydrogens (tertiary/aromatic N) is 3. The van der Waals surface area contributed by atoms with Gasteiger partial charge in [0.1, 0.15) is 6.61 Å². The molecule has 7 heteroatoms. The van der Waals surface area contributed by atoms with E-state index in [0.717, 1.165) is 0 Å². The Balaban J connectivity index is 2.82. The molecule has 7 nitrogen and oxygen atoms in total. The summed E-state index contributed by atoms with van der Waals surface area (Å²) in [7, 11) is 1.68. The Morgan fingerprint density at radius 1 is 1.25 bits per heavy atom. The van der Waals surface area contributed by atoms with Crippen LogP contribution in [0.25, 0.3) is 0 Å². The SMILES string of the molecule is CNc1nc(OCCO)nc(OC(C)C)n1. The fraction of sp³-hybridized carbons (Fsp3) is 0.667. The molecular formula is C9H16N4O3. The standard InChI is InChI=1S/C9H16N4O3/c1-6(2)16-9-12-7(10-3)11-8(13-9)15-5-4-14/h6,14H,4-5H2,1-3H3,(H,10,11,12,13). The van der Waals surface area contributed by atoms with Gasteiger partial charge in [0.2, 0.25) is 5.95 Å². The van der Waals surface area contributed by atoms with Crippen LogP contribution in [0, 0.1) is 0 Å². The van der Waals surface area contributed by atoms with Gasteiger partial charge in [-0.15, -0.1) is 4.98 Å². The van der Waals surface area contributed by atoms with Gasteiger partial charge in [0, 0.05) is 7.05 Å². The Morgan fingerprint density at radius 2 is 1.94 bits per heavy atom. The van der Waals surface area contributed by atoms with E-state index in [1.165, 1.54) is 0 Å². The summed E-state index contributed by atoms with van der Waals surface area (Å²) in [5.41, 5.74) is 0. The third-order valence-electron chi connectivity index (χ3n) is 1.48.